The number of aldehydes is 1. The van der Waals surface area contributed by atoms with Gasteiger partial charge in [-0.3, -0.25) is 0 Å². The Kier molecular flexibility index (Phi) is 3.79. The molecule has 1 nitrogen and oxygen atoms in total. The lowest BCUT2D eigenvalue weighted by Crippen LogP contribution is -2.33. The Hall–Kier alpha value is -0.940. The molecule has 17 heavy (non-hydrogen) atoms. The fraction of sp³-hybridized carbons (Fsp3) is 0.400. The van der Waals surface area contributed by atoms with Crippen molar-refractivity contribution >= 4 is 27.0 Å². The first-order valence-electron chi connectivity index (χ1n) is 6.12. The van der Waals surface area contributed by atoms with Crippen molar-refractivity contribution in [2.75, 3.05) is 6.66 Å². The molecular formula is C15H19OP. The fourth-order valence-corrected chi connectivity index (χ4v) is 3.30. The van der Waals surface area contributed by atoms with Crippen molar-refractivity contribution < 1.29 is 4.79 Å². The molecule has 0 saturated carbocycles. The van der Waals surface area contributed by atoms with Gasteiger partial charge in [0, 0.05) is 11.6 Å². The van der Waals surface area contributed by atoms with Crippen molar-refractivity contribution in [3.8, 4) is 0 Å². The fourth-order valence-electron chi connectivity index (χ4n) is 2.33. The number of hydrogen-bond donors (Lipinski definition) is 0. The zero-order chi connectivity index (χ0) is 12.4. The lowest BCUT2D eigenvalue weighted by molar-refractivity contribution is -0.108. The molecule has 0 aliphatic heterocycles. The molecule has 0 heterocycles. The largest absolute Gasteiger partial charge is 0.303 e. The van der Waals surface area contributed by atoms with E-state index in [1.807, 2.05) is 6.92 Å². The summed E-state index contributed by atoms with van der Waals surface area (Å²) in [7, 11) is 0.949. The van der Waals surface area contributed by atoms with Gasteiger partial charge in [-0.15, -0.1) is 8.58 Å². The SMILES string of the molecule is CPC1C=c2ccc([C@H](C)C=O)cc2=CC1C. The summed E-state index contributed by atoms with van der Waals surface area (Å²) >= 11 is 0. The normalized spacial score (nSPS) is 24.9. The lowest BCUT2D eigenvalue weighted by Gasteiger charge is -2.19. The first-order chi connectivity index (χ1) is 8.15. The van der Waals surface area contributed by atoms with Gasteiger partial charge in [0.1, 0.15) is 6.29 Å². The summed E-state index contributed by atoms with van der Waals surface area (Å²) in [5.74, 6) is 0.599. The Labute approximate surface area is 104 Å². The second kappa shape index (κ2) is 5.14. The van der Waals surface area contributed by atoms with Crippen molar-refractivity contribution in [2.45, 2.75) is 25.4 Å². The molecule has 0 spiro atoms. The Morgan fingerprint density at radius 3 is 2.71 bits per heavy atom. The van der Waals surface area contributed by atoms with Gasteiger partial charge in [-0.1, -0.05) is 44.2 Å². The number of hydrogen-bond acceptors (Lipinski definition) is 1. The molecule has 0 N–H and O–H groups in total. The van der Waals surface area contributed by atoms with Crippen LogP contribution in [0.5, 0.6) is 0 Å². The molecule has 0 bridgehead atoms. The van der Waals surface area contributed by atoms with Crippen LogP contribution >= 0.6 is 8.58 Å². The highest BCUT2D eigenvalue weighted by Crippen LogP contribution is 2.26. The van der Waals surface area contributed by atoms with Gasteiger partial charge in [0.05, 0.1) is 0 Å². The molecule has 0 radical (unpaired) electrons. The van der Waals surface area contributed by atoms with E-state index in [1.54, 1.807) is 0 Å². The van der Waals surface area contributed by atoms with E-state index >= 15 is 0 Å². The van der Waals surface area contributed by atoms with Crippen LogP contribution in [0.1, 0.15) is 25.3 Å². The van der Waals surface area contributed by atoms with E-state index in [1.165, 1.54) is 10.4 Å². The Morgan fingerprint density at radius 2 is 2.06 bits per heavy atom. The molecule has 2 rings (SSSR count). The van der Waals surface area contributed by atoms with Crippen LogP contribution in [0.3, 0.4) is 0 Å². The third-order valence-electron chi connectivity index (χ3n) is 3.54. The molecule has 0 aromatic heterocycles. The van der Waals surface area contributed by atoms with Gasteiger partial charge in [0.15, 0.2) is 0 Å². The maximum Gasteiger partial charge on any atom is 0.127 e. The minimum atomic E-state index is -0.00483. The number of carbonyl (C=O) groups is 1. The highest BCUT2D eigenvalue weighted by Gasteiger charge is 2.14. The van der Waals surface area contributed by atoms with Crippen LogP contribution in [-0.2, 0) is 4.79 Å². The summed E-state index contributed by atoms with van der Waals surface area (Å²) in [5, 5.41) is 2.61. The van der Waals surface area contributed by atoms with Crippen molar-refractivity contribution in [1.29, 1.82) is 0 Å². The first kappa shape index (κ1) is 12.5. The maximum absolute atomic E-state index is 10.8. The summed E-state index contributed by atoms with van der Waals surface area (Å²) in [4.78, 5) is 10.8. The number of carbonyl (C=O) groups excluding carboxylic acids is 1. The van der Waals surface area contributed by atoms with E-state index in [2.05, 4.69) is 43.9 Å². The average Bonchev–Trinajstić information content (AvgIpc) is 2.36. The van der Waals surface area contributed by atoms with Gasteiger partial charge in [-0.05, 0) is 28.6 Å². The van der Waals surface area contributed by atoms with Crippen molar-refractivity contribution in [2.24, 2.45) is 5.92 Å². The van der Waals surface area contributed by atoms with Crippen LogP contribution < -0.4 is 10.4 Å². The summed E-state index contributed by atoms with van der Waals surface area (Å²) in [5.41, 5.74) is 1.80. The molecule has 1 aromatic rings. The number of rotatable bonds is 3. The molecule has 4 atom stereocenters. The molecular weight excluding hydrogens is 227 g/mol. The van der Waals surface area contributed by atoms with Gasteiger partial charge in [-0.25, -0.2) is 0 Å². The Bertz CT molecular complexity index is 532. The molecule has 1 aliphatic carbocycles. The third-order valence-corrected chi connectivity index (χ3v) is 4.90. The van der Waals surface area contributed by atoms with Crippen LogP contribution in [0.25, 0.3) is 12.2 Å². The lowest BCUT2D eigenvalue weighted by atomic mass is 9.95. The second-order valence-corrected chi connectivity index (χ2v) is 6.06. The van der Waals surface area contributed by atoms with Gasteiger partial charge in [0.25, 0.3) is 0 Å². The maximum atomic E-state index is 10.8. The smallest absolute Gasteiger partial charge is 0.127 e. The molecule has 2 heteroatoms. The third kappa shape index (κ3) is 2.50. The zero-order valence-corrected chi connectivity index (χ0v) is 11.6. The van der Waals surface area contributed by atoms with Crippen molar-refractivity contribution in [1.82, 2.24) is 0 Å². The van der Waals surface area contributed by atoms with E-state index in [0.717, 1.165) is 20.4 Å². The number of fused-ring (bicyclic) bond motifs is 1. The molecule has 0 fully saturated rings. The predicted molar refractivity (Wildman–Crippen MR) is 76.3 cm³/mol. The Morgan fingerprint density at radius 1 is 1.29 bits per heavy atom. The van der Waals surface area contributed by atoms with E-state index in [4.69, 9.17) is 0 Å². The highest BCUT2D eigenvalue weighted by atomic mass is 31.1. The quantitative estimate of drug-likeness (QED) is 0.588. The van der Waals surface area contributed by atoms with E-state index in [0.29, 0.717) is 11.6 Å². The molecule has 3 unspecified atom stereocenters. The van der Waals surface area contributed by atoms with Gasteiger partial charge >= 0.3 is 0 Å². The molecule has 0 amide bonds. The summed E-state index contributed by atoms with van der Waals surface area (Å²) in [6.07, 6.45) is 5.74. The van der Waals surface area contributed by atoms with Gasteiger partial charge < -0.3 is 4.79 Å². The number of benzene rings is 1. The van der Waals surface area contributed by atoms with Crippen LogP contribution in [0, 0.1) is 5.92 Å². The monoisotopic (exact) mass is 246 g/mol. The first-order valence-corrected chi connectivity index (χ1v) is 7.69. The summed E-state index contributed by atoms with van der Waals surface area (Å²) < 4.78 is 0. The second-order valence-electron chi connectivity index (χ2n) is 4.82. The molecule has 90 valence electrons. The summed E-state index contributed by atoms with van der Waals surface area (Å²) in [6, 6.07) is 6.39. The minimum Gasteiger partial charge on any atom is -0.303 e. The van der Waals surface area contributed by atoms with Crippen molar-refractivity contribution in [3.63, 3.8) is 0 Å². The minimum absolute atomic E-state index is 0.00483. The molecule has 1 aliphatic rings. The molecule has 1 aromatic carbocycles. The van der Waals surface area contributed by atoms with E-state index in [9.17, 15) is 4.79 Å². The molecule has 0 saturated heterocycles. The van der Waals surface area contributed by atoms with Crippen LogP contribution in [0.15, 0.2) is 18.2 Å². The van der Waals surface area contributed by atoms with Gasteiger partial charge in [0.2, 0.25) is 0 Å². The topological polar surface area (TPSA) is 17.1 Å². The van der Waals surface area contributed by atoms with Gasteiger partial charge in [-0.2, -0.15) is 0 Å². The van der Waals surface area contributed by atoms with Crippen molar-refractivity contribution in [3.05, 3.63) is 34.2 Å². The van der Waals surface area contributed by atoms with E-state index < -0.39 is 0 Å². The highest BCUT2D eigenvalue weighted by molar-refractivity contribution is 7.38. The predicted octanol–water partition coefficient (Wildman–Crippen LogP) is 1.88. The van der Waals surface area contributed by atoms with Crippen LogP contribution in [0.2, 0.25) is 0 Å². The zero-order valence-electron chi connectivity index (χ0n) is 10.6. The Balaban J connectivity index is 2.51. The van der Waals surface area contributed by atoms with E-state index in [-0.39, 0.29) is 5.92 Å². The van der Waals surface area contributed by atoms with Crippen LogP contribution in [-0.4, -0.2) is 18.6 Å². The standard InChI is InChI=1S/C15H19OP/c1-10-6-14-7-12(11(2)9-16)4-5-13(14)8-15(10)17-3/h4-11,15,17H,1-3H3/t10?,11-,15?/m1/s1. The van der Waals surface area contributed by atoms with Crippen LogP contribution in [0.4, 0.5) is 0 Å². The average molecular weight is 246 g/mol. The summed E-state index contributed by atoms with van der Waals surface area (Å²) in [6.45, 7) is 6.48.